The van der Waals surface area contributed by atoms with Gasteiger partial charge in [0.25, 0.3) is 0 Å². The molecule has 8 nitrogen and oxygen atoms in total. The van der Waals surface area contributed by atoms with E-state index in [1.54, 1.807) is 0 Å². The number of aliphatic carboxylic acids is 1. The molecule has 0 saturated heterocycles. The Balaban J connectivity index is 1.55. The van der Waals surface area contributed by atoms with Gasteiger partial charge in [-0.2, -0.15) is 0 Å². The third-order valence-corrected chi connectivity index (χ3v) is 6.21. The number of ether oxygens (including phenoxy) is 1. The summed E-state index contributed by atoms with van der Waals surface area (Å²) in [7, 11) is 0. The van der Waals surface area contributed by atoms with Gasteiger partial charge in [-0.05, 0) is 40.5 Å². The number of benzene rings is 2. The summed E-state index contributed by atoms with van der Waals surface area (Å²) in [4.78, 5) is 36.2. The molecule has 0 aromatic heterocycles. The van der Waals surface area contributed by atoms with Crippen molar-refractivity contribution in [2.45, 2.75) is 45.1 Å². The smallest absolute Gasteiger partial charge is 0.407 e. The van der Waals surface area contributed by atoms with Gasteiger partial charge in [-0.25, -0.2) is 9.59 Å². The van der Waals surface area contributed by atoms with E-state index in [2.05, 4.69) is 34.9 Å². The number of fused-ring (bicyclic) bond motifs is 3. The van der Waals surface area contributed by atoms with Crippen LogP contribution in [0.4, 0.5) is 4.79 Å². The van der Waals surface area contributed by atoms with E-state index in [0.717, 1.165) is 22.3 Å². The van der Waals surface area contributed by atoms with Crippen molar-refractivity contribution in [3.05, 3.63) is 59.7 Å². The average Bonchev–Trinajstić information content (AvgIpc) is 3.14. The Bertz CT molecular complexity index is 992. The number of carbonyl (C=O) groups excluding carboxylic acids is 2. The summed E-state index contributed by atoms with van der Waals surface area (Å²) in [5.74, 6) is -1.55. The Hall–Kier alpha value is -3.39. The molecule has 2 aromatic rings. The van der Waals surface area contributed by atoms with Crippen LogP contribution in [0.15, 0.2) is 48.5 Å². The highest BCUT2D eigenvalue weighted by Gasteiger charge is 2.29. The molecular weight excluding hydrogens is 448 g/mol. The molecule has 1 unspecified atom stereocenters. The maximum absolute atomic E-state index is 12.5. The number of carboxylic acid groups (broad SMARTS) is 1. The normalized spacial score (nSPS) is 14.1. The van der Waals surface area contributed by atoms with Gasteiger partial charge in [0.1, 0.15) is 12.6 Å². The van der Waals surface area contributed by atoms with Crippen LogP contribution < -0.4 is 10.6 Å². The zero-order valence-corrected chi connectivity index (χ0v) is 20.2. The first-order chi connectivity index (χ1) is 16.8. The Morgan fingerprint density at radius 1 is 1.00 bits per heavy atom. The third kappa shape index (κ3) is 7.05. The largest absolute Gasteiger partial charge is 0.480 e. The molecule has 0 aliphatic heterocycles. The lowest BCUT2D eigenvalue weighted by atomic mass is 9.93. The number of aliphatic hydroxyl groups is 1. The van der Waals surface area contributed by atoms with Crippen LogP contribution in [-0.4, -0.2) is 54.0 Å². The number of hydrogen-bond donors (Lipinski definition) is 4. The van der Waals surface area contributed by atoms with Crippen LogP contribution in [0.5, 0.6) is 0 Å². The van der Waals surface area contributed by atoms with Gasteiger partial charge < -0.3 is 25.6 Å². The third-order valence-electron chi connectivity index (χ3n) is 6.21. The zero-order valence-electron chi connectivity index (χ0n) is 20.2. The molecule has 3 rings (SSSR count). The quantitative estimate of drug-likeness (QED) is 0.367. The summed E-state index contributed by atoms with van der Waals surface area (Å²) in [6, 6.07) is 15.1. The van der Waals surface area contributed by atoms with Crippen molar-refractivity contribution in [3.63, 3.8) is 0 Å². The van der Waals surface area contributed by atoms with Gasteiger partial charge in [-0.3, -0.25) is 4.79 Å². The van der Waals surface area contributed by atoms with Gasteiger partial charge in [0.15, 0.2) is 0 Å². The van der Waals surface area contributed by atoms with E-state index in [1.165, 1.54) is 0 Å². The number of alkyl carbamates (subject to hydrolysis) is 1. The van der Waals surface area contributed by atoms with Crippen LogP contribution in [0.3, 0.4) is 0 Å². The molecule has 0 bridgehead atoms. The van der Waals surface area contributed by atoms with E-state index >= 15 is 0 Å². The predicted octanol–water partition coefficient (Wildman–Crippen LogP) is 3.53. The summed E-state index contributed by atoms with van der Waals surface area (Å²) >= 11 is 0. The maximum atomic E-state index is 12.5. The summed E-state index contributed by atoms with van der Waals surface area (Å²) in [6.07, 6.45) is 0.129. The topological polar surface area (TPSA) is 125 Å². The van der Waals surface area contributed by atoms with Gasteiger partial charge in [0, 0.05) is 31.9 Å². The molecule has 0 radical (unpaired) electrons. The number of amides is 2. The lowest BCUT2D eigenvalue weighted by Crippen LogP contribution is -2.43. The number of rotatable bonds is 12. The molecule has 2 amide bonds. The minimum atomic E-state index is -1.19. The summed E-state index contributed by atoms with van der Waals surface area (Å²) in [6.45, 7) is 4.14. The van der Waals surface area contributed by atoms with E-state index in [4.69, 9.17) is 9.84 Å². The highest BCUT2D eigenvalue weighted by molar-refractivity contribution is 5.83. The Morgan fingerprint density at radius 3 is 2.14 bits per heavy atom. The van der Waals surface area contributed by atoms with E-state index in [-0.39, 0.29) is 50.4 Å². The minimum Gasteiger partial charge on any atom is -0.480 e. The molecule has 8 heteroatoms. The van der Waals surface area contributed by atoms with Gasteiger partial charge in [-0.15, -0.1) is 0 Å². The fourth-order valence-electron chi connectivity index (χ4n) is 4.68. The van der Waals surface area contributed by atoms with E-state index < -0.39 is 24.0 Å². The number of carboxylic acids is 1. The fraction of sp³-hybridized carbons (Fsp3) is 0.444. The molecule has 0 spiro atoms. The van der Waals surface area contributed by atoms with Crippen molar-refractivity contribution >= 4 is 18.0 Å². The van der Waals surface area contributed by atoms with Crippen molar-refractivity contribution in [2.75, 3.05) is 19.8 Å². The van der Waals surface area contributed by atoms with Gasteiger partial charge in [-0.1, -0.05) is 62.4 Å². The molecule has 2 atom stereocenters. The van der Waals surface area contributed by atoms with E-state index in [0.29, 0.717) is 6.42 Å². The van der Waals surface area contributed by atoms with Gasteiger partial charge in [0.05, 0.1) is 0 Å². The molecule has 1 aliphatic rings. The minimum absolute atomic E-state index is 0.0372. The first-order valence-corrected chi connectivity index (χ1v) is 12.0. The second kappa shape index (κ2) is 12.4. The molecule has 1 aliphatic carbocycles. The van der Waals surface area contributed by atoms with Crippen LogP contribution in [0.2, 0.25) is 0 Å². The Labute approximate surface area is 205 Å². The van der Waals surface area contributed by atoms with Crippen LogP contribution in [-0.2, 0) is 14.3 Å². The lowest BCUT2D eigenvalue weighted by Gasteiger charge is -2.21. The molecule has 188 valence electrons. The van der Waals surface area contributed by atoms with Crippen LogP contribution in [0, 0.1) is 11.8 Å². The van der Waals surface area contributed by atoms with Gasteiger partial charge >= 0.3 is 12.1 Å². The van der Waals surface area contributed by atoms with Gasteiger partial charge in [0.2, 0.25) is 5.91 Å². The van der Waals surface area contributed by atoms with E-state index in [9.17, 15) is 19.5 Å². The summed E-state index contributed by atoms with van der Waals surface area (Å²) < 4.78 is 5.57. The molecule has 2 aromatic carbocycles. The summed E-state index contributed by atoms with van der Waals surface area (Å²) in [5.41, 5.74) is 4.57. The van der Waals surface area contributed by atoms with Crippen LogP contribution in [0.1, 0.15) is 50.2 Å². The molecular formula is C27H34N2O6. The monoisotopic (exact) mass is 482 g/mol. The maximum Gasteiger partial charge on any atom is 0.407 e. The SMILES string of the molecule is CC(C)CC(CNC(=O)OCC1c2ccccc2-c2ccccc21)CC(=O)N[C@@H](CCO)C(=O)O. The second-order valence-corrected chi connectivity index (χ2v) is 9.38. The number of hydrogen-bond acceptors (Lipinski definition) is 5. The second-order valence-electron chi connectivity index (χ2n) is 9.38. The summed E-state index contributed by atoms with van der Waals surface area (Å²) in [5, 5.41) is 23.4. The highest BCUT2D eigenvalue weighted by Crippen LogP contribution is 2.44. The molecule has 0 saturated carbocycles. The van der Waals surface area contributed by atoms with Crippen molar-refractivity contribution in [2.24, 2.45) is 11.8 Å². The zero-order chi connectivity index (χ0) is 25.4. The Kier molecular flexibility index (Phi) is 9.25. The molecule has 35 heavy (non-hydrogen) atoms. The first-order valence-electron chi connectivity index (χ1n) is 12.0. The van der Waals surface area contributed by atoms with Crippen LogP contribution in [0.25, 0.3) is 11.1 Å². The average molecular weight is 483 g/mol. The number of carbonyl (C=O) groups is 3. The van der Waals surface area contributed by atoms with Crippen molar-refractivity contribution < 1.29 is 29.3 Å². The molecule has 0 heterocycles. The fourth-order valence-corrected chi connectivity index (χ4v) is 4.68. The van der Waals surface area contributed by atoms with Crippen molar-refractivity contribution in [1.82, 2.24) is 10.6 Å². The lowest BCUT2D eigenvalue weighted by molar-refractivity contribution is -0.142. The van der Waals surface area contributed by atoms with Crippen LogP contribution >= 0.6 is 0 Å². The number of aliphatic hydroxyl groups excluding tert-OH is 1. The first kappa shape index (κ1) is 26.2. The van der Waals surface area contributed by atoms with E-state index in [1.807, 2.05) is 38.1 Å². The van der Waals surface area contributed by atoms with Crippen molar-refractivity contribution in [3.8, 4) is 11.1 Å². The Morgan fingerprint density at radius 2 is 1.60 bits per heavy atom. The standard InChI is InChI=1S/C27H34N2O6/c1-17(2)13-18(14-25(31)29-24(11-12-30)26(32)33)15-28-27(34)35-16-23-21-9-5-3-7-19(21)20-8-4-6-10-22(20)23/h3-10,17-18,23-24,30H,11-16H2,1-2H3,(H,28,34)(H,29,31)(H,32,33)/t18?,24-/m0/s1. The van der Waals surface area contributed by atoms with Crippen molar-refractivity contribution in [1.29, 1.82) is 0 Å². The molecule has 4 N–H and O–H groups in total. The molecule has 0 fully saturated rings. The number of nitrogens with one attached hydrogen (secondary N) is 2. The highest BCUT2D eigenvalue weighted by atomic mass is 16.5. The predicted molar refractivity (Wildman–Crippen MR) is 132 cm³/mol.